The Morgan fingerprint density at radius 1 is 1.52 bits per heavy atom. The van der Waals surface area contributed by atoms with E-state index in [0.29, 0.717) is 0 Å². The molecule has 0 spiro atoms. The summed E-state index contributed by atoms with van der Waals surface area (Å²) in [6, 6.07) is 4.26. The summed E-state index contributed by atoms with van der Waals surface area (Å²) < 4.78 is 38.6. The molecule has 21 heavy (non-hydrogen) atoms. The summed E-state index contributed by atoms with van der Waals surface area (Å²) in [4.78, 5) is 5.01. The van der Waals surface area contributed by atoms with Crippen LogP contribution in [0.3, 0.4) is 0 Å². The van der Waals surface area contributed by atoms with Crippen LogP contribution in [-0.4, -0.2) is 19.1 Å². The minimum Gasteiger partial charge on any atom is -0.389 e. The number of nitrogens with zero attached hydrogens (tertiary/aromatic N) is 2. The maximum absolute atomic E-state index is 14.0. The molecule has 0 aromatic heterocycles. The van der Waals surface area contributed by atoms with Gasteiger partial charge in [-0.3, -0.25) is 0 Å². The molecule has 1 heterocycles. The van der Waals surface area contributed by atoms with Crippen LogP contribution in [0.5, 0.6) is 0 Å². The fourth-order valence-corrected chi connectivity index (χ4v) is 3.61. The Morgan fingerprint density at radius 3 is 2.71 bits per heavy atom. The van der Waals surface area contributed by atoms with E-state index in [9.17, 15) is 12.8 Å². The third-order valence-corrected chi connectivity index (χ3v) is 4.88. The van der Waals surface area contributed by atoms with E-state index in [1.807, 2.05) is 0 Å². The lowest BCUT2D eigenvalue weighted by Gasteiger charge is -2.13. The smallest absolute Gasteiger partial charge is 0.199 e. The van der Waals surface area contributed by atoms with Crippen molar-refractivity contribution in [3.8, 4) is 6.07 Å². The number of hydrogen-bond donors (Lipinski definition) is 0. The van der Waals surface area contributed by atoms with Crippen molar-refractivity contribution in [2.45, 2.75) is 31.6 Å². The molecule has 0 saturated heterocycles. The Kier molecular flexibility index (Phi) is 3.95. The second kappa shape index (κ2) is 5.28. The summed E-state index contributed by atoms with van der Waals surface area (Å²) >= 11 is 5.64. The van der Waals surface area contributed by atoms with Gasteiger partial charge in [-0.15, -0.1) is 0 Å². The highest BCUT2D eigenvalue weighted by Gasteiger charge is 2.36. The molecule has 0 bridgehead atoms. The second-order valence-corrected chi connectivity index (χ2v) is 7.67. The van der Waals surface area contributed by atoms with Crippen LogP contribution in [0, 0.1) is 17.1 Å². The summed E-state index contributed by atoms with van der Waals surface area (Å²) in [6.45, 7) is 3.39. The van der Waals surface area contributed by atoms with Crippen LogP contribution in [0.4, 0.5) is 4.39 Å². The molecule has 0 unspecified atom stereocenters. The number of sulfone groups is 1. The Balaban J connectivity index is 2.39. The van der Waals surface area contributed by atoms with Gasteiger partial charge in [-0.05, 0) is 26.0 Å². The molecule has 8 heteroatoms. The average Bonchev–Trinajstić information content (AvgIpc) is 2.76. The van der Waals surface area contributed by atoms with Gasteiger partial charge in [0.2, 0.25) is 0 Å². The maximum atomic E-state index is 14.0. The highest BCUT2D eigenvalue weighted by atomic mass is 35.5. The molecule has 0 saturated carbocycles. The number of benzene rings is 1. The maximum Gasteiger partial charge on any atom is 0.199 e. The minimum atomic E-state index is -3.88. The van der Waals surface area contributed by atoms with E-state index in [4.69, 9.17) is 21.7 Å². The Labute approximate surface area is 126 Å². The molecular weight excluding hydrogens is 319 g/mol. The van der Waals surface area contributed by atoms with Crippen molar-refractivity contribution in [1.82, 2.24) is 0 Å². The monoisotopic (exact) mass is 330 g/mol. The number of halogens is 2. The van der Waals surface area contributed by atoms with Crippen molar-refractivity contribution in [2.24, 2.45) is 5.16 Å². The molecule has 1 aromatic rings. The van der Waals surface area contributed by atoms with Gasteiger partial charge in [0.1, 0.15) is 11.4 Å². The van der Waals surface area contributed by atoms with Crippen molar-refractivity contribution >= 4 is 26.5 Å². The number of nitriles is 1. The average molecular weight is 331 g/mol. The zero-order valence-corrected chi connectivity index (χ0v) is 12.9. The predicted molar refractivity (Wildman–Crippen MR) is 76.0 cm³/mol. The van der Waals surface area contributed by atoms with Gasteiger partial charge < -0.3 is 4.84 Å². The molecule has 0 fully saturated rings. The molecule has 1 aliphatic rings. The lowest BCUT2D eigenvalue weighted by molar-refractivity contribution is 0.0123. The lowest BCUT2D eigenvalue weighted by Crippen LogP contribution is -2.23. The van der Waals surface area contributed by atoms with Gasteiger partial charge in [-0.25, -0.2) is 12.8 Å². The molecule has 1 aliphatic heterocycles. The highest BCUT2D eigenvalue weighted by molar-refractivity contribution is 8.05. The van der Waals surface area contributed by atoms with Gasteiger partial charge in [-0.2, -0.15) is 5.26 Å². The molecule has 0 aliphatic carbocycles. The van der Waals surface area contributed by atoms with E-state index >= 15 is 0 Å². The van der Waals surface area contributed by atoms with Crippen molar-refractivity contribution in [1.29, 1.82) is 5.26 Å². The van der Waals surface area contributed by atoms with Crippen molar-refractivity contribution in [3.63, 3.8) is 0 Å². The highest BCUT2D eigenvalue weighted by Crippen LogP contribution is 2.28. The zero-order chi connectivity index (χ0) is 15.8. The van der Waals surface area contributed by atoms with Crippen LogP contribution in [0.15, 0.2) is 17.3 Å². The molecule has 2 rings (SSSR count). The van der Waals surface area contributed by atoms with Crippen LogP contribution >= 0.6 is 11.6 Å². The molecule has 0 amide bonds. The summed E-state index contributed by atoms with van der Waals surface area (Å²) in [5.74, 6) is -1.58. The van der Waals surface area contributed by atoms with Gasteiger partial charge >= 0.3 is 0 Å². The van der Waals surface area contributed by atoms with E-state index in [0.717, 1.165) is 0 Å². The normalized spacial score (nSPS) is 17.0. The Bertz CT molecular complexity index is 766. The topological polar surface area (TPSA) is 79.5 Å². The third-order valence-electron chi connectivity index (χ3n) is 2.98. The molecule has 5 nitrogen and oxygen atoms in total. The molecule has 0 radical (unpaired) electrons. The summed E-state index contributed by atoms with van der Waals surface area (Å²) in [5, 5.41) is 12.1. The first-order valence-electron chi connectivity index (χ1n) is 6.01. The standard InChI is InChI=1S/C13H12ClFN2O3S/c1-13(2)5-11(17-20-13)21(18,19)7-9-8(6-16)3-4-10(14)12(9)15/h3-4H,5,7H2,1-2H3. The van der Waals surface area contributed by atoms with Gasteiger partial charge in [0.05, 0.1) is 22.4 Å². The first kappa shape index (κ1) is 15.7. The number of hydrogen-bond acceptors (Lipinski definition) is 5. The van der Waals surface area contributed by atoms with Crippen LogP contribution in [0.2, 0.25) is 5.02 Å². The number of oxime groups is 1. The summed E-state index contributed by atoms with van der Waals surface area (Å²) in [5.41, 5.74) is -1.04. The van der Waals surface area contributed by atoms with Gasteiger partial charge in [0.15, 0.2) is 14.9 Å². The van der Waals surface area contributed by atoms with Crippen molar-refractivity contribution in [2.75, 3.05) is 0 Å². The van der Waals surface area contributed by atoms with Crippen LogP contribution in [-0.2, 0) is 20.4 Å². The number of rotatable bonds is 2. The van der Waals surface area contributed by atoms with Crippen molar-refractivity contribution in [3.05, 3.63) is 34.1 Å². The molecule has 1 aromatic carbocycles. The quantitative estimate of drug-likeness (QED) is 0.835. The van der Waals surface area contributed by atoms with Gasteiger partial charge in [0, 0.05) is 12.0 Å². The second-order valence-electron chi connectivity index (χ2n) is 5.27. The molecular formula is C13H12ClFN2O3S. The third kappa shape index (κ3) is 3.17. The first-order valence-corrected chi connectivity index (χ1v) is 8.04. The van der Waals surface area contributed by atoms with Crippen molar-refractivity contribution < 1.29 is 17.6 Å². The summed E-state index contributed by atoms with van der Waals surface area (Å²) in [7, 11) is -3.88. The molecule has 112 valence electrons. The van der Waals surface area contributed by atoms with Crippen LogP contribution in [0.1, 0.15) is 31.4 Å². The minimum absolute atomic E-state index is 0.0701. The SMILES string of the molecule is CC1(C)CC(S(=O)(=O)Cc2c(C#N)ccc(Cl)c2F)=NO1. The van der Waals surface area contributed by atoms with E-state index in [1.54, 1.807) is 19.9 Å². The van der Waals surface area contributed by atoms with Crippen LogP contribution in [0.25, 0.3) is 0 Å². The van der Waals surface area contributed by atoms with E-state index < -0.39 is 27.0 Å². The zero-order valence-electron chi connectivity index (χ0n) is 11.4. The van der Waals surface area contributed by atoms with E-state index in [-0.39, 0.29) is 27.6 Å². The van der Waals surface area contributed by atoms with Gasteiger partial charge in [-0.1, -0.05) is 16.8 Å². The van der Waals surface area contributed by atoms with E-state index in [2.05, 4.69) is 5.16 Å². The predicted octanol–water partition coefficient (Wildman–Crippen LogP) is 2.78. The first-order chi connectivity index (χ1) is 9.66. The Morgan fingerprint density at radius 2 is 2.19 bits per heavy atom. The largest absolute Gasteiger partial charge is 0.389 e. The molecule has 0 N–H and O–H groups in total. The molecule has 0 atom stereocenters. The summed E-state index contributed by atoms with van der Waals surface area (Å²) in [6.07, 6.45) is 0.0966. The Hall–Kier alpha value is -1.65. The fourth-order valence-electron chi connectivity index (χ4n) is 1.88. The lowest BCUT2D eigenvalue weighted by atomic mass is 10.1. The van der Waals surface area contributed by atoms with Crippen LogP contribution < -0.4 is 0 Å². The van der Waals surface area contributed by atoms with Gasteiger partial charge in [0.25, 0.3) is 0 Å². The fraction of sp³-hybridized carbons (Fsp3) is 0.385. The van der Waals surface area contributed by atoms with E-state index in [1.165, 1.54) is 12.1 Å².